The molecule has 0 unspecified atom stereocenters. The summed E-state index contributed by atoms with van der Waals surface area (Å²) in [5.41, 5.74) is 0.356. The molecule has 10 nitrogen and oxygen atoms in total. The molecule has 36 heavy (non-hydrogen) atoms. The summed E-state index contributed by atoms with van der Waals surface area (Å²) in [7, 11) is 0. The Hall–Kier alpha value is -2.69. The lowest BCUT2D eigenvalue weighted by molar-refractivity contribution is -0.119. The van der Waals surface area contributed by atoms with Crippen LogP contribution in [0.1, 0.15) is 5.56 Å². The third kappa shape index (κ3) is 6.74. The lowest BCUT2D eigenvalue weighted by atomic mass is 10.0. The zero-order valence-corrected chi connectivity index (χ0v) is 20.5. The monoisotopic (exact) mass is 514 g/mol. The van der Waals surface area contributed by atoms with E-state index in [-0.39, 0.29) is 12.1 Å². The van der Waals surface area contributed by atoms with Crippen LogP contribution in [0.15, 0.2) is 42.0 Å². The third-order valence-electron chi connectivity index (χ3n) is 6.17. The van der Waals surface area contributed by atoms with E-state index in [0.717, 1.165) is 55.9 Å². The average Bonchev–Trinajstić information content (AvgIpc) is 2.90. The van der Waals surface area contributed by atoms with E-state index in [1.807, 2.05) is 36.4 Å². The number of hydrogen-bond acceptors (Lipinski definition) is 10. The third-order valence-corrected chi connectivity index (χ3v) is 7.00. The Morgan fingerprint density at radius 3 is 2.67 bits per heavy atom. The van der Waals surface area contributed by atoms with E-state index in [4.69, 9.17) is 8.92 Å². The van der Waals surface area contributed by atoms with Crippen molar-refractivity contribution in [3.63, 3.8) is 0 Å². The van der Waals surface area contributed by atoms with Crippen LogP contribution in [0, 0.1) is 11.3 Å². The average molecular weight is 515 g/mol. The molecule has 0 aliphatic carbocycles. The van der Waals surface area contributed by atoms with Crippen molar-refractivity contribution in [3.05, 3.63) is 47.5 Å². The minimum atomic E-state index is -1.39. The van der Waals surface area contributed by atoms with Crippen molar-refractivity contribution < 1.29 is 29.0 Å². The van der Waals surface area contributed by atoms with Crippen LogP contribution in [-0.4, -0.2) is 95.8 Å². The number of nitrogens with zero attached hydrogens (tertiary/aromatic N) is 2. The number of fused-ring (bicyclic) bond motifs is 1. The lowest BCUT2D eigenvalue weighted by Gasteiger charge is -2.33. The highest BCUT2D eigenvalue weighted by Crippen LogP contribution is 2.27. The van der Waals surface area contributed by atoms with Crippen LogP contribution in [0.4, 0.5) is 5.69 Å². The summed E-state index contributed by atoms with van der Waals surface area (Å²) in [6, 6.07) is 13.7. The molecule has 2 aliphatic rings. The number of morpholine rings is 1. The molecule has 5 N–H and O–H groups in total. The molecule has 0 bridgehead atoms. The highest BCUT2D eigenvalue weighted by Gasteiger charge is 2.38. The van der Waals surface area contributed by atoms with Crippen LogP contribution in [0.3, 0.4) is 0 Å². The van der Waals surface area contributed by atoms with Crippen LogP contribution in [-0.2, 0) is 13.7 Å². The second kappa shape index (κ2) is 12.5. The van der Waals surface area contributed by atoms with Crippen LogP contribution < -0.4 is 10.6 Å². The topological polar surface area (TPSA) is 147 Å². The van der Waals surface area contributed by atoms with Crippen LogP contribution >= 0.6 is 12.0 Å². The molecule has 11 heteroatoms. The number of carbonyl (C=O) groups is 1. The predicted octanol–water partition coefficient (Wildman–Crippen LogP) is 0.694. The van der Waals surface area contributed by atoms with Crippen molar-refractivity contribution in [1.29, 1.82) is 5.26 Å². The van der Waals surface area contributed by atoms with E-state index in [1.165, 1.54) is 6.08 Å². The zero-order valence-electron chi connectivity index (χ0n) is 19.7. The van der Waals surface area contributed by atoms with E-state index >= 15 is 0 Å². The van der Waals surface area contributed by atoms with Crippen molar-refractivity contribution in [3.8, 4) is 6.07 Å². The number of benzene rings is 2. The first-order valence-corrected chi connectivity index (χ1v) is 12.6. The molecule has 2 fully saturated rings. The number of amides is 1. The summed E-state index contributed by atoms with van der Waals surface area (Å²) in [4.78, 5) is 14.9. The Labute approximate surface area is 213 Å². The van der Waals surface area contributed by atoms with Gasteiger partial charge in [0.05, 0.1) is 13.2 Å². The highest BCUT2D eigenvalue weighted by atomic mass is 32.2. The molecule has 2 saturated heterocycles. The van der Waals surface area contributed by atoms with Gasteiger partial charge >= 0.3 is 0 Å². The molecule has 2 heterocycles. The van der Waals surface area contributed by atoms with Gasteiger partial charge in [0.2, 0.25) is 0 Å². The standard InChI is InChI=1S/C25H30N4O6S/c26-14-19(24(32)28-15-21-22(30)23(31)25(33)36-35-21)12-16-1-2-18-13-20(4-3-17(18)11-16)27-5-6-29-7-9-34-10-8-29/h1-4,11-13,21-23,25,27,30-31,33H,5-10,15H2,(H,28,32)/b19-12+/t21-,22-,23+,25+/m1/s1. The number of nitrogens with one attached hydrogen (secondary N) is 2. The normalized spacial score (nSPS) is 25.3. The molecule has 0 aromatic heterocycles. The van der Waals surface area contributed by atoms with Crippen LogP contribution in [0.2, 0.25) is 0 Å². The summed E-state index contributed by atoms with van der Waals surface area (Å²) in [6.45, 7) is 5.16. The summed E-state index contributed by atoms with van der Waals surface area (Å²) in [5, 5.41) is 46.7. The van der Waals surface area contributed by atoms with E-state index in [2.05, 4.69) is 21.6 Å². The van der Waals surface area contributed by atoms with Gasteiger partial charge in [-0.05, 0) is 40.6 Å². The number of nitriles is 1. The quantitative estimate of drug-likeness (QED) is 0.194. The maximum Gasteiger partial charge on any atom is 0.262 e. The fourth-order valence-corrected chi connectivity index (χ4v) is 4.75. The second-order valence-electron chi connectivity index (χ2n) is 8.68. The fourth-order valence-electron chi connectivity index (χ4n) is 4.04. The lowest BCUT2D eigenvalue weighted by Crippen LogP contribution is -2.52. The van der Waals surface area contributed by atoms with Crippen LogP contribution in [0.5, 0.6) is 0 Å². The number of ether oxygens (including phenoxy) is 1. The molecule has 2 aromatic carbocycles. The molecular weight excluding hydrogens is 484 g/mol. The summed E-state index contributed by atoms with van der Waals surface area (Å²) < 4.78 is 10.6. The number of aliphatic hydroxyl groups is 3. The Kier molecular flexibility index (Phi) is 9.17. The van der Waals surface area contributed by atoms with Gasteiger partial charge in [0.1, 0.15) is 30.0 Å². The van der Waals surface area contributed by atoms with Gasteiger partial charge in [-0.25, -0.2) is 0 Å². The predicted molar refractivity (Wildman–Crippen MR) is 137 cm³/mol. The summed E-state index contributed by atoms with van der Waals surface area (Å²) in [6.07, 6.45) is -2.19. The van der Waals surface area contributed by atoms with Gasteiger partial charge in [-0.15, -0.1) is 0 Å². The molecular formula is C25H30N4O6S. The van der Waals surface area contributed by atoms with Gasteiger partial charge in [0.25, 0.3) is 5.91 Å². The molecule has 0 spiro atoms. The minimum Gasteiger partial charge on any atom is -0.387 e. The Morgan fingerprint density at radius 2 is 1.89 bits per heavy atom. The highest BCUT2D eigenvalue weighted by molar-refractivity contribution is 7.95. The molecule has 2 aliphatic heterocycles. The van der Waals surface area contributed by atoms with Gasteiger partial charge in [-0.3, -0.25) is 9.69 Å². The largest absolute Gasteiger partial charge is 0.387 e. The second-order valence-corrected chi connectivity index (χ2v) is 9.55. The number of aliphatic hydroxyl groups excluding tert-OH is 3. The van der Waals surface area contributed by atoms with Crippen molar-refractivity contribution in [2.24, 2.45) is 0 Å². The van der Waals surface area contributed by atoms with Crippen molar-refractivity contribution in [2.75, 3.05) is 51.3 Å². The molecule has 192 valence electrons. The van der Waals surface area contributed by atoms with Crippen molar-refractivity contribution >= 4 is 40.5 Å². The van der Waals surface area contributed by atoms with Crippen molar-refractivity contribution in [1.82, 2.24) is 10.2 Å². The van der Waals surface area contributed by atoms with Crippen molar-refractivity contribution in [2.45, 2.75) is 23.7 Å². The molecule has 2 aromatic rings. The molecule has 0 radical (unpaired) electrons. The van der Waals surface area contributed by atoms with Gasteiger partial charge in [-0.2, -0.15) is 5.26 Å². The van der Waals surface area contributed by atoms with Gasteiger partial charge in [-0.1, -0.05) is 18.2 Å². The fraction of sp³-hybridized carbons (Fsp3) is 0.440. The Morgan fingerprint density at radius 1 is 1.14 bits per heavy atom. The van der Waals surface area contributed by atoms with Gasteiger partial charge in [0, 0.05) is 50.5 Å². The first-order valence-electron chi connectivity index (χ1n) is 11.8. The molecule has 1 amide bonds. The van der Waals surface area contributed by atoms with E-state index in [1.54, 1.807) is 0 Å². The smallest absolute Gasteiger partial charge is 0.262 e. The first kappa shape index (κ1) is 26.4. The number of hydrogen-bond donors (Lipinski definition) is 5. The summed E-state index contributed by atoms with van der Waals surface area (Å²) >= 11 is 0.623. The number of rotatable bonds is 8. The number of anilines is 1. The van der Waals surface area contributed by atoms with E-state index < -0.39 is 29.7 Å². The molecule has 4 atom stereocenters. The Bertz CT molecular complexity index is 1130. The van der Waals surface area contributed by atoms with E-state index in [9.17, 15) is 25.4 Å². The van der Waals surface area contributed by atoms with E-state index in [0.29, 0.717) is 17.6 Å². The van der Waals surface area contributed by atoms with Gasteiger partial charge in [0.15, 0.2) is 5.44 Å². The zero-order chi connectivity index (χ0) is 25.5. The Balaban J connectivity index is 1.34. The maximum absolute atomic E-state index is 12.5. The first-order chi connectivity index (χ1) is 17.4. The summed E-state index contributed by atoms with van der Waals surface area (Å²) in [5.74, 6) is -0.626. The van der Waals surface area contributed by atoms with Gasteiger partial charge < -0.3 is 34.9 Å². The maximum atomic E-state index is 12.5. The molecule has 0 saturated carbocycles. The number of carbonyl (C=O) groups excluding carboxylic acids is 1. The minimum absolute atomic E-state index is 0.103. The van der Waals surface area contributed by atoms with Crippen LogP contribution in [0.25, 0.3) is 16.8 Å². The SMILES string of the molecule is N#C/C(=C\c1ccc2cc(NCCN3CCOCC3)ccc2c1)C(=O)NC[C@H]1OS[C@H](O)[C@@H](O)[C@@H]1O. The molecule has 4 rings (SSSR count).